The van der Waals surface area contributed by atoms with Crippen LogP contribution in [-0.2, 0) is 16.1 Å². The van der Waals surface area contributed by atoms with E-state index in [0.717, 1.165) is 35.9 Å². The molecule has 3 rings (SSSR count). The SMILES string of the molecule is Cc1csc(=O)n1CCC(=O)Nc1ccc(N2C[C@@H](C)O[C@@H](C)C2)nc1. The monoisotopic (exact) mass is 376 g/mol. The van der Waals surface area contributed by atoms with Crippen molar-refractivity contribution in [2.75, 3.05) is 23.3 Å². The third kappa shape index (κ3) is 4.50. The lowest BCUT2D eigenvalue weighted by Crippen LogP contribution is -2.45. The maximum atomic E-state index is 12.1. The van der Waals surface area contributed by atoms with Crippen molar-refractivity contribution in [1.29, 1.82) is 0 Å². The van der Waals surface area contributed by atoms with Crippen LogP contribution < -0.4 is 15.1 Å². The number of carbonyl (C=O) groups is 1. The van der Waals surface area contributed by atoms with Gasteiger partial charge in [-0.3, -0.25) is 9.59 Å². The van der Waals surface area contributed by atoms with Gasteiger partial charge >= 0.3 is 4.87 Å². The molecule has 3 heterocycles. The predicted octanol–water partition coefficient (Wildman–Crippen LogP) is 2.26. The number of anilines is 2. The summed E-state index contributed by atoms with van der Waals surface area (Å²) in [6, 6.07) is 3.76. The predicted molar refractivity (Wildman–Crippen MR) is 103 cm³/mol. The minimum atomic E-state index is -0.134. The fraction of sp³-hybridized carbons (Fsp3) is 0.500. The zero-order chi connectivity index (χ0) is 18.7. The Morgan fingerprint density at radius 3 is 2.65 bits per heavy atom. The molecule has 1 fully saturated rings. The van der Waals surface area contributed by atoms with Gasteiger partial charge in [0, 0.05) is 37.1 Å². The lowest BCUT2D eigenvalue weighted by atomic mass is 10.2. The zero-order valence-electron chi connectivity index (χ0n) is 15.3. The molecule has 0 saturated carbocycles. The van der Waals surface area contributed by atoms with E-state index >= 15 is 0 Å². The summed E-state index contributed by atoms with van der Waals surface area (Å²) < 4.78 is 7.36. The number of aromatic nitrogens is 2. The first kappa shape index (κ1) is 18.6. The van der Waals surface area contributed by atoms with Gasteiger partial charge in [0.15, 0.2) is 0 Å². The molecule has 140 valence electrons. The molecule has 0 aromatic carbocycles. The quantitative estimate of drug-likeness (QED) is 0.866. The van der Waals surface area contributed by atoms with Gasteiger partial charge in [0.05, 0.1) is 24.1 Å². The van der Waals surface area contributed by atoms with E-state index in [9.17, 15) is 9.59 Å². The van der Waals surface area contributed by atoms with Crippen molar-refractivity contribution in [3.8, 4) is 0 Å². The number of aryl methyl sites for hydroxylation is 1. The maximum Gasteiger partial charge on any atom is 0.307 e. The summed E-state index contributed by atoms with van der Waals surface area (Å²) >= 11 is 1.15. The largest absolute Gasteiger partial charge is 0.372 e. The lowest BCUT2D eigenvalue weighted by molar-refractivity contribution is -0.116. The first-order valence-corrected chi connectivity index (χ1v) is 9.61. The van der Waals surface area contributed by atoms with Gasteiger partial charge in [-0.15, -0.1) is 0 Å². The number of nitrogens with one attached hydrogen (secondary N) is 1. The Labute approximate surface area is 156 Å². The molecule has 0 spiro atoms. The summed E-state index contributed by atoms with van der Waals surface area (Å²) in [5.74, 6) is 0.746. The van der Waals surface area contributed by atoms with E-state index in [1.54, 1.807) is 16.1 Å². The number of carbonyl (C=O) groups excluding carboxylic acids is 1. The van der Waals surface area contributed by atoms with Crippen LogP contribution in [0, 0.1) is 6.92 Å². The lowest BCUT2D eigenvalue weighted by Gasteiger charge is -2.36. The van der Waals surface area contributed by atoms with Gasteiger partial charge in [0.1, 0.15) is 5.82 Å². The van der Waals surface area contributed by atoms with Crippen molar-refractivity contribution in [2.24, 2.45) is 0 Å². The third-order valence-electron chi connectivity index (χ3n) is 4.31. The van der Waals surface area contributed by atoms with Crippen LogP contribution in [0.3, 0.4) is 0 Å². The zero-order valence-corrected chi connectivity index (χ0v) is 16.1. The summed E-state index contributed by atoms with van der Waals surface area (Å²) in [7, 11) is 0. The van der Waals surface area contributed by atoms with Crippen molar-refractivity contribution in [1.82, 2.24) is 9.55 Å². The highest BCUT2D eigenvalue weighted by Crippen LogP contribution is 2.19. The highest BCUT2D eigenvalue weighted by molar-refractivity contribution is 7.07. The Kier molecular flexibility index (Phi) is 5.73. The van der Waals surface area contributed by atoms with Crippen molar-refractivity contribution >= 4 is 28.7 Å². The van der Waals surface area contributed by atoms with Crippen LogP contribution >= 0.6 is 11.3 Å². The van der Waals surface area contributed by atoms with E-state index in [4.69, 9.17) is 4.74 Å². The van der Waals surface area contributed by atoms with Gasteiger partial charge in [-0.05, 0) is 32.9 Å². The Morgan fingerprint density at radius 2 is 2.08 bits per heavy atom. The summed E-state index contributed by atoms with van der Waals surface area (Å²) in [5, 5.41) is 4.64. The second-order valence-electron chi connectivity index (χ2n) is 6.66. The number of amides is 1. The molecule has 0 bridgehead atoms. The number of ether oxygens (including phenoxy) is 1. The molecule has 1 aliphatic heterocycles. The minimum absolute atomic E-state index is 0.0321. The van der Waals surface area contributed by atoms with Gasteiger partial charge in [-0.1, -0.05) is 11.3 Å². The van der Waals surface area contributed by atoms with E-state index in [2.05, 4.69) is 29.0 Å². The fourth-order valence-corrected chi connectivity index (χ4v) is 3.88. The number of rotatable bonds is 5. The number of thiazole rings is 1. The molecule has 7 nitrogen and oxygen atoms in total. The number of hydrogen-bond acceptors (Lipinski definition) is 6. The molecule has 26 heavy (non-hydrogen) atoms. The van der Waals surface area contributed by atoms with Crippen LogP contribution in [0.25, 0.3) is 0 Å². The van der Waals surface area contributed by atoms with E-state index in [1.807, 2.05) is 19.1 Å². The molecule has 2 atom stereocenters. The van der Waals surface area contributed by atoms with Crippen LogP contribution in [0.2, 0.25) is 0 Å². The molecular weight excluding hydrogens is 352 g/mol. The average Bonchev–Trinajstić information content (AvgIpc) is 2.91. The van der Waals surface area contributed by atoms with Crippen molar-refractivity contribution in [2.45, 2.75) is 45.9 Å². The molecule has 1 amide bonds. The summed E-state index contributed by atoms with van der Waals surface area (Å²) in [4.78, 5) is 30.4. The van der Waals surface area contributed by atoms with Crippen LogP contribution in [0.1, 0.15) is 26.0 Å². The molecule has 1 saturated heterocycles. The Hall–Kier alpha value is -2.19. The van der Waals surface area contributed by atoms with E-state index < -0.39 is 0 Å². The number of hydrogen-bond donors (Lipinski definition) is 1. The molecule has 2 aromatic heterocycles. The first-order valence-electron chi connectivity index (χ1n) is 8.73. The molecular formula is C18H24N4O3S. The van der Waals surface area contributed by atoms with Gasteiger partial charge in [-0.2, -0.15) is 0 Å². The summed E-state index contributed by atoms with van der Waals surface area (Å²) in [6.45, 7) is 7.96. The third-order valence-corrected chi connectivity index (χ3v) is 5.20. The van der Waals surface area contributed by atoms with Crippen LogP contribution in [0.5, 0.6) is 0 Å². The normalized spacial score (nSPS) is 20.2. The second-order valence-corrected chi connectivity index (χ2v) is 7.48. The maximum absolute atomic E-state index is 12.1. The van der Waals surface area contributed by atoms with E-state index in [0.29, 0.717) is 12.2 Å². The van der Waals surface area contributed by atoms with E-state index in [1.165, 1.54) is 0 Å². The number of pyridine rings is 1. The molecule has 0 aliphatic carbocycles. The molecule has 1 aliphatic rings. The second kappa shape index (κ2) is 8.01. The van der Waals surface area contributed by atoms with Gasteiger partial charge in [0.25, 0.3) is 0 Å². The number of nitrogens with zero attached hydrogens (tertiary/aromatic N) is 3. The van der Waals surface area contributed by atoms with Crippen molar-refractivity contribution in [3.63, 3.8) is 0 Å². The minimum Gasteiger partial charge on any atom is -0.372 e. The Balaban J connectivity index is 1.55. The smallest absolute Gasteiger partial charge is 0.307 e. The van der Waals surface area contributed by atoms with Crippen LogP contribution in [0.4, 0.5) is 11.5 Å². The molecule has 1 N–H and O–H groups in total. The summed E-state index contributed by atoms with van der Waals surface area (Å²) in [6.07, 6.45) is 2.25. The van der Waals surface area contributed by atoms with Crippen molar-refractivity contribution in [3.05, 3.63) is 39.1 Å². The number of morpholine rings is 1. The molecule has 2 aromatic rings. The Morgan fingerprint density at radius 1 is 1.35 bits per heavy atom. The van der Waals surface area contributed by atoms with Crippen LogP contribution in [-0.4, -0.2) is 40.8 Å². The molecule has 0 unspecified atom stereocenters. The summed E-state index contributed by atoms with van der Waals surface area (Å²) in [5.41, 5.74) is 1.54. The molecule has 8 heteroatoms. The van der Waals surface area contributed by atoms with Crippen LogP contribution in [0.15, 0.2) is 28.5 Å². The fourth-order valence-electron chi connectivity index (χ4n) is 3.12. The highest BCUT2D eigenvalue weighted by atomic mass is 32.1. The highest BCUT2D eigenvalue weighted by Gasteiger charge is 2.23. The van der Waals surface area contributed by atoms with Gasteiger partial charge in [-0.25, -0.2) is 4.98 Å². The Bertz CT molecular complexity index is 805. The average molecular weight is 376 g/mol. The molecule has 0 radical (unpaired) electrons. The first-order chi connectivity index (χ1) is 12.4. The standard InChI is InChI=1S/C18H24N4O3S/c1-12-11-26-18(24)22(12)7-6-17(23)20-15-4-5-16(19-8-15)21-9-13(2)25-14(3)10-21/h4-5,8,11,13-14H,6-7,9-10H2,1-3H3,(H,20,23)/t13-,14+. The van der Waals surface area contributed by atoms with Crippen molar-refractivity contribution < 1.29 is 9.53 Å². The van der Waals surface area contributed by atoms with Gasteiger partial charge in [0.2, 0.25) is 5.91 Å². The van der Waals surface area contributed by atoms with Gasteiger partial charge < -0.3 is 19.5 Å². The van der Waals surface area contributed by atoms with E-state index in [-0.39, 0.29) is 29.4 Å². The topological polar surface area (TPSA) is 76.5 Å².